The Bertz CT molecular complexity index is 1230. The molecule has 0 aliphatic rings. The number of aromatic hydroxyl groups is 1. The number of carbonyl (C=O) groups excluding carboxylic acids is 1. The summed E-state index contributed by atoms with van der Waals surface area (Å²) in [5, 5.41) is 13.4. The molecule has 5 heteroatoms. The molecule has 4 nitrogen and oxygen atoms in total. The van der Waals surface area contributed by atoms with Gasteiger partial charge in [0.15, 0.2) is 0 Å². The van der Waals surface area contributed by atoms with E-state index >= 15 is 0 Å². The zero-order valence-corrected chi connectivity index (χ0v) is 17.0. The summed E-state index contributed by atoms with van der Waals surface area (Å²) in [5.41, 5.74) is 3.96. The van der Waals surface area contributed by atoms with E-state index in [4.69, 9.17) is 0 Å². The molecule has 0 fully saturated rings. The van der Waals surface area contributed by atoms with Crippen molar-refractivity contribution >= 4 is 22.9 Å². The van der Waals surface area contributed by atoms with Gasteiger partial charge in [0.05, 0.1) is 0 Å². The zero-order chi connectivity index (χ0) is 21.6. The van der Waals surface area contributed by atoms with Gasteiger partial charge in [-0.3, -0.25) is 4.79 Å². The summed E-state index contributed by atoms with van der Waals surface area (Å²) < 4.78 is 15.7. The van der Waals surface area contributed by atoms with Crippen LogP contribution in [0, 0.1) is 5.82 Å². The van der Waals surface area contributed by atoms with Gasteiger partial charge >= 0.3 is 0 Å². The van der Waals surface area contributed by atoms with Gasteiger partial charge in [0.1, 0.15) is 11.6 Å². The normalized spacial score (nSPS) is 11.3. The van der Waals surface area contributed by atoms with Crippen molar-refractivity contribution in [1.29, 1.82) is 0 Å². The Kier molecular flexibility index (Phi) is 6.13. The lowest BCUT2D eigenvalue weighted by atomic mass is 10.1. The first-order chi connectivity index (χ1) is 15.1. The van der Waals surface area contributed by atoms with E-state index in [0.29, 0.717) is 19.5 Å². The van der Waals surface area contributed by atoms with Crippen LogP contribution in [0.15, 0.2) is 85.1 Å². The number of fused-ring (bicyclic) bond motifs is 1. The maximum atomic E-state index is 13.6. The Hall–Kier alpha value is -3.86. The number of amides is 1. The topological polar surface area (TPSA) is 54.3 Å². The fourth-order valence-corrected chi connectivity index (χ4v) is 3.62. The maximum Gasteiger partial charge on any atom is 0.244 e. The molecule has 0 unspecified atom stereocenters. The lowest BCUT2D eigenvalue weighted by molar-refractivity contribution is -0.116. The molecule has 31 heavy (non-hydrogen) atoms. The maximum absolute atomic E-state index is 13.6. The fraction of sp³-hybridized carbons (Fsp3) is 0.115. The SMILES string of the molecule is O=C(/C=C/c1ccc(O)cc1)NCCc1cn(Cc2cccc(F)c2)c2ccccc12. The molecule has 0 saturated heterocycles. The van der Waals surface area contributed by atoms with Crippen LogP contribution >= 0.6 is 0 Å². The Morgan fingerprint density at radius 2 is 1.84 bits per heavy atom. The first-order valence-corrected chi connectivity index (χ1v) is 10.1. The second-order valence-electron chi connectivity index (χ2n) is 7.40. The highest BCUT2D eigenvalue weighted by atomic mass is 19.1. The van der Waals surface area contributed by atoms with Gasteiger partial charge in [-0.2, -0.15) is 0 Å². The van der Waals surface area contributed by atoms with E-state index in [0.717, 1.165) is 27.6 Å². The third-order valence-corrected chi connectivity index (χ3v) is 5.13. The minimum atomic E-state index is -0.239. The summed E-state index contributed by atoms with van der Waals surface area (Å²) in [5.74, 6) is -0.216. The lowest BCUT2D eigenvalue weighted by Crippen LogP contribution is -2.23. The van der Waals surface area contributed by atoms with E-state index in [1.54, 1.807) is 42.5 Å². The molecule has 0 spiro atoms. The smallest absolute Gasteiger partial charge is 0.244 e. The molecule has 0 bridgehead atoms. The summed E-state index contributed by atoms with van der Waals surface area (Å²) >= 11 is 0. The van der Waals surface area contributed by atoms with Crippen LogP contribution in [-0.4, -0.2) is 22.1 Å². The number of phenolic OH excluding ortho intramolecular Hbond substituents is 1. The van der Waals surface area contributed by atoms with E-state index in [1.807, 2.05) is 18.2 Å². The Morgan fingerprint density at radius 1 is 1.03 bits per heavy atom. The number of phenols is 1. The summed E-state index contributed by atoms with van der Waals surface area (Å²) in [4.78, 5) is 12.1. The lowest BCUT2D eigenvalue weighted by Gasteiger charge is -2.05. The van der Waals surface area contributed by atoms with Crippen LogP contribution in [-0.2, 0) is 17.8 Å². The highest BCUT2D eigenvalue weighted by molar-refractivity contribution is 5.91. The summed E-state index contributed by atoms with van der Waals surface area (Å²) in [6.45, 7) is 1.09. The number of rotatable bonds is 7. The van der Waals surface area contributed by atoms with Gasteiger partial charge in [0.2, 0.25) is 5.91 Å². The van der Waals surface area contributed by atoms with E-state index < -0.39 is 0 Å². The summed E-state index contributed by atoms with van der Waals surface area (Å²) in [6.07, 6.45) is 5.96. The van der Waals surface area contributed by atoms with Gasteiger partial charge in [0.25, 0.3) is 0 Å². The molecule has 1 amide bonds. The largest absolute Gasteiger partial charge is 0.508 e. The molecular formula is C26H23FN2O2. The molecule has 0 aliphatic heterocycles. The molecule has 4 aromatic rings. The molecule has 0 atom stereocenters. The number of hydrogen-bond acceptors (Lipinski definition) is 2. The van der Waals surface area contributed by atoms with Crippen LogP contribution in [0.5, 0.6) is 5.75 Å². The monoisotopic (exact) mass is 414 g/mol. The van der Waals surface area contributed by atoms with Gasteiger partial charge in [0, 0.05) is 36.3 Å². The second kappa shape index (κ2) is 9.30. The Balaban J connectivity index is 1.41. The van der Waals surface area contributed by atoms with Crippen LogP contribution in [0.3, 0.4) is 0 Å². The summed E-state index contributed by atoms with van der Waals surface area (Å²) in [6, 6.07) is 21.4. The third-order valence-electron chi connectivity index (χ3n) is 5.13. The fourth-order valence-electron chi connectivity index (χ4n) is 3.62. The molecule has 4 rings (SSSR count). The van der Waals surface area contributed by atoms with Crippen LogP contribution in [0.2, 0.25) is 0 Å². The number of benzene rings is 3. The van der Waals surface area contributed by atoms with Gasteiger partial charge in [-0.15, -0.1) is 0 Å². The minimum absolute atomic E-state index is 0.170. The van der Waals surface area contributed by atoms with Crippen molar-refractivity contribution < 1.29 is 14.3 Å². The van der Waals surface area contributed by atoms with Crippen molar-refractivity contribution in [3.8, 4) is 5.75 Å². The van der Waals surface area contributed by atoms with Crippen molar-refractivity contribution in [2.45, 2.75) is 13.0 Å². The van der Waals surface area contributed by atoms with Gasteiger partial charge in [-0.1, -0.05) is 42.5 Å². The average Bonchev–Trinajstić information content (AvgIpc) is 3.11. The van der Waals surface area contributed by atoms with Crippen molar-refractivity contribution in [2.75, 3.05) is 6.54 Å². The standard InChI is InChI=1S/C26H23FN2O2/c27-22-5-3-4-20(16-22)17-29-18-21(24-6-1-2-7-25(24)29)14-15-28-26(31)13-10-19-8-11-23(30)12-9-19/h1-13,16,18,30H,14-15,17H2,(H,28,31)/b13-10+. The molecule has 1 heterocycles. The summed E-state index contributed by atoms with van der Waals surface area (Å²) in [7, 11) is 0. The Labute approximate surface area is 180 Å². The van der Waals surface area contributed by atoms with Crippen LogP contribution in [0.1, 0.15) is 16.7 Å². The molecule has 0 aliphatic carbocycles. The van der Waals surface area contributed by atoms with E-state index in [9.17, 15) is 14.3 Å². The van der Waals surface area contributed by atoms with Gasteiger partial charge < -0.3 is 15.0 Å². The molecule has 2 N–H and O–H groups in total. The van der Waals surface area contributed by atoms with E-state index in [-0.39, 0.29) is 17.5 Å². The van der Waals surface area contributed by atoms with Crippen LogP contribution in [0.4, 0.5) is 4.39 Å². The molecule has 0 saturated carbocycles. The second-order valence-corrected chi connectivity index (χ2v) is 7.40. The first kappa shape index (κ1) is 20.4. The highest BCUT2D eigenvalue weighted by Crippen LogP contribution is 2.23. The van der Waals surface area contributed by atoms with Crippen molar-refractivity contribution in [2.24, 2.45) is 0 Å². The number of carbonyl (C=O) groups is 1. The van der Waals surface area contributed by atoms with Gasteiger partial charge in [-0.05, 0) is 59.5 Å². The number of aromatic nitrogens is 1. The van der Waals surface area contributed by atoms with Crippen molar-refractivity contribution in [3.63, 3.8) is 0 Å². The number of nitrogens with zero attached hydrogens (tertiary/aromatic N) is 1. The van der Waals surface area contributed by atoms with Crippen molar-refractivity contribution in [3.05, 3.63) is 108 Å². The number of nitrogens with one attached hydrogen (secondary N) is 1. The minimum Gasteiger partial charge on any atom is -0.508 e. The number of para-hydroxylation sites is 1. The molecular weight excluding hydrogens is 391 g/mol. The number of halogens is 1. The zero-order valence-electron chi connectivity index (χ0n) is 17.0. The molecule has 0 radical (unpaired) electrons. The van der Waals surface area contributed by atoms with Crippen LogP contribution < -0.4 is 5.32 Å². The predicted octanol–water partition coefficient (Wildman–Crippen LogP) is 4.91. The Morgan fingerprint density at radius 3 is 2.65 bits per heavy atom. The predicted molar refractivity (Wildman–Crippen MR) is 121 cm³/mol. The van der Waals surface area contributed by atoms with Crippen LogP contribution in [0.25, 0.3) is 17.0 Å². The first-order valence-electron chi connectivity index (χ1n) is 10.1. The van der Waals surface area contributed by atoms with E-state index in [2.05, 4.69) is 28.2 Å². The molecule has 1 aromatic heterocycles. The molecule has 156 valence electrons. The van der Waals surface area contributed by atoms with Crippen molar-refractivity contribution in [1.82, 2.24) is 9.88 Å². The quantitative estimate of drug-likeness (QED) is 0.423. The van der Waals surface area contributed by atoms with Gasteiger partial charge in [-0.25, -0.2) is 4.39 Å². The average molecular weight is 414 g/mol. The molecule has 3 aromatic carbocycles. The third kappa shape index (κ3) is 5.20. The van der Waals surface area contributed by atoms with E-state index in [1.165, 1.54) is 12.1 Å². The highest BCUT2D eigenvalue weighted by Gasteiger charge is 2.09. The number of hydrogen-bond donors (Lipinski definition) is 2.